The molecule has 0 aromatic carbocycles. The zero-order valence-corrected chi connectivity index (χ0v) is 9.16. The third-order valence-corrected chi connectivity index (χ3v) is 2.70. The molecule has 2 N–H and O–H groups in total. The molecular weight excluding hydrogens is 232 g/mol. The van der Waals surface area contributed by atoms with Crippen LogP contribution in [0.4, 0.5) is 0 Å². The van der Waals surface area contributed by atoms with Crippen molar-refractivity contribution in [2.45, 2.75) is 0 Å². The van der Waals surface area contributed by atoms with E-state index in [0.29, 0.717) is 21.9 Å². The smallest absolute Gasteiger partial charge is 0.219 e. The summed E-state index contributed by atoms with van der Waals surface area (Å²) in [6.45, 7) is 0. The molecule has 3 aromatic heterocycles. The second-order valence-corrected chi connectivity index (χ2v) is 3.72. The number of fused-ring (bicyclic) bond motifs is 2. The first-order chi connectivity index (χ1) is 8.81. The molecule has 18 heavy (non-hydrogen) atoms. The maximum atomic E-state index is 12.2. The third-order valence-electron chi connectivity index (χ3n) is 2.70. The van der Waals surface area contributed by atoms with Crippen molar-refractivity contribution in [2.24, 2.45) is 5.16 Å². The van der Waals surface area contributed by atoms with Crippen LogP contribution in [-0.2, 0) is 0 Å². The van der Waals surface area contributed by atoms with E-state index in [2.05, 4.69) is 20.1 Å². The van der Waals surface area contributed by atoms with Gasteiger partial charge in [-0.1, -0.05) is 5.16 Å². The second kappa shape index (κ2) is 3.92. The van der Waals surface area contributed by atoms with Crippen LogP contribution in [0.3, 0.4) is 0 Å². The molecule has 88 valence electrons. The largest absolute Gasteiger partial charge is 0.410 e. The molecule has 0 saturated carbocycles. The molecule has 0 fully saturated rings. The maximum Gasteiger partial charge on any atom is 0.219 e. The van der Waals surface area contributed by atoms with Gasteiger partial charge in [0.15, 0.2) is 5.36 Å². The van der Waals surface area contributed by atoms with Crippen LogP contribution in [0, 0.1) is 0 Å². The van der Waals surface area contributed by atoms with Gasteiger partial charge < -0.3 is 10.2 Å². The fourth-order valence-electron chi connectivity index (χ4n) is 1.87. The standard InChI is InChI=1S/C12H8N4O2/c17-11-8-2-1-4-14-12(8)15-9-6-13-5-3-7(9)10(11)16-18/h1-6,18H,(H,14,15). The van der Waals surface area contributed by atoms with Crippen molar-refractivity contribution < 1.29 is 5.21 Å². The Balaban J connectivity index is 2.79. The van der Waals surface area contributed by atoms with Gasteiger partial charge in [0.2, 0.25) is 5.43 Å². The van der Waals surface area contributed by atoms with Crippen LogP contribution < -0.4 is 10.8 Å². The number of nitrogens with zero attached hydrogens (tertiary/aromatic N) is 3. The summed E-state index contributed by atoms with van der Waals surface area (Å²) in [4.78, 5) is 23.3. The molecule has 0 bridgehead atoms. The highest BCUT2D eigenvalue weighted by atomic mass is 16.4. The summed E-state index contributed by atoms with van der Waals surface area (Å²) in [5.74, 6) is 0. The minimum Gasteiger partial charge on any atom is -0.410 e. The highest BCUT2D eigenvalue weighted by molar-refractivity contribution is 5.84. The van der Waals surface area contributed by atoms with Crippen molar-refractivity contribution >= 4 is 21.9 Å². The molecule has 0 radical (unpaired) electrons. The molecule has 0 unspecified atom stereocenters. The molecule has 0 aliphatic carbocycles. The Labute approximate surface area is 100 Å². The summed E-state index contributed by atoms with van der Waals surface area (Å²) in [6, 6.07) is 4.89. The average Bonchev–Trinajstić information content (AvgIpc) is 2.53. The minimum atomic E-state index is -0.377. The molecule has 6 nitrogen and oxygen atoms in total. The lowest BCUT2D eigenvalue weighted by molar-refractivity contribution is 0.302. The maximum absolute atomic E-state index is 12.2. The van der Waals surface area contributed by atoms with Crippen molar-refractivity contribution in [3.8, 4) is 0 Å². The summed E-state index contributed by atoms with van der Waals surface area (Å²) in [5.41, 5.74) is 0.629. The van der Waals surface area contributed by atoms with Crippen LogP contribution in [0.2, 0.25) is 0 Å². The summed E-state index contributed by atoms with van der Waals surface area (Å²) >= 11 is 0. The van der Waals surface area contributed by atoms with E-state index in [1.54, 1.807) is 30.6 Å². The Morgan fingerprint density at radius 3 is 2.94 bits per heavy atom. The quantitative estimate of drug-likeness (QED) is 0.448. The van der Waals surface area contributed by atoms with E-state index in [1.165, 1.54) is 6.20 Å². The fourth-order valence-corrected chi connectivity index (χ4v) is 1.87. The van der Waals surface area contributed by atoms with E-state index < -0.39 is 0 Å². The molecule has 0 atom stereocenters. The molecule has 3 heterocycles. The van der Waals surface area contributed by atoms with E-state index in [9.17, 15) is 4.79 Å². The summed E-state index contributed by atoms with van der Waals surface area (Å²) in [5, 5.41) is 13.0. The fraction of sp³-hybridized carbons (Fsp3) is 0. The van der Waals surface area contributed by atoms with Crippen molar-refractivity contribution in [1.82, 2.24) is 15.0 Å². The first-order valence-electron chi connectivity index (χ1n) is 5.24. The molecule has 0 saturated heterocycles. The second-order valence-electron chi connectivity index (χ2n) is 3.72. The topological polar surface area (TPSA) is 91.2 Å². The summed E-state index contributed by atoms with van der Waals surface area (Å²) < 4.78 is 0. The molecule has 3 aromatic rings. The highest BCUT2D eigenvalue weighted by Crippen LogP contribution is 2.06. The van der Waals surface area contributed by atoms with Gasteiger partial charge in [0.1, 0.15) is 5.65 Å². The first kappa shape index (κ1) is 10.4. The highest BCUT2D eigenvalue weighted by Gasteiger charge is 2.05. The van der Waals surface area contributed by atoms with E-state index in [0.717, 1.165) is 0 Å². The number of pyridine rings is 2. The van der Waals surface area contributed by atoms with E-state index in [4.69, 9.17) is 5.21 Å². The van der Waals surface area contributed by atoms with Crippen LogP contribution >= 0.6 is 0 Å². The van der Waals surface area contributed by atoms with Crippen LogP contribution in [0.1, 0.15) is 0 Å². The monoisotopic (exact) mass is 240 g/mol. The molecule has 3 rings (SSSR count). The third kappa shape index (κ3) is 1.43. The minimum absolute atomic E-state index is 0.0216. The number of hydrogen-bond donors (Lipinski definition) is 2. The lowest BCUT2D eigenvalue weighted by Crippen LogP contribution is -2.23. The number of H-pyrrole nitrogens is 1. The van der Waals surface area contributed by atoms with Crippen LogP contribution in [0.25, 0.3) is 21.9 Å². The van der Waals surface area contributed by atoms with Crippen LogP contribution in [-0.4, -0.2) is 20.2 Å². The number of hydrogen-bond acceptors (Lipinski definition) is 5. The van der Waals surface area contributed by atoms with Gasteiger partial charge in [-0.15, -0.1) is 0 Å². The average molecular weight is 240 g/mol. The Hall–Kier alpha value is -2.76. The summed E-state index contributed by atoms with van der Waals surface area (Å²) in [7, 11) is 0. The lowest BCUT2D eigenvalue weighted by atomic mass is 10.2. The molecule has 6 heteroatoms. The van der Waals surface area contributed by atoms with Crippen molar-refractivity contribution in [1.29, 1.82) is 0 Å². The van der Waals surface area contributed by atoms with Gasteiger partial charge in [0.25, 0.3) is 0 Å². The number of nitrogens with one attached hydrogen (secondary N) is 1. The molecular formula is C12H8N4O2. The van der Waals surface area contributed by atoms with Gasteiger partial charge in [0.05, 0.1) is 17.1 Å². The van der Waals surface area contributed by atoms with Gasteiger partial charge in [-0.05, 0) is 18.2 Å². The van der Waals surface area contributed by atoms with Crippen LogP contribution in [0.15, 0.2) is 46.7 Å². The van der Waals surface area contributed by atoms with Crippen molar-refractivity contribution in [2.75, 3.05) is 0 Å². The Bertz CT molecular complexity index is 870. The van der Waals surface area contributed by atoms with E-state index >= 15 is 0 Å². The Morgan fingerprint density at radius 2 is 2.11 bits per heavy atom. The normalized spacial score (nSPS) is 12.1. The number of aromatic nitrogens is 3. The predicted octanol–water partition coefficient (Wildman–Crippen LogP) is 0.761. The van der Waals surface area contributed by atoms with Gasteiger partial charge in [-0.3, -0.25) is 9.78 Å². The van der Waals surface area contributed by atoms with E-state index in [1.807, 2.05) is 0 Å². The van der Waals surface area contributed by atoms with Crippen molar-refractivity contribution in [3.63, 3.8) is 0 Å². The number of rotatable bonds is 0. The van der Waals surface area contributed by atoms with Gasteiger partial charge >= 0.3 is 0 Å². The predicted molar refractivity (Wildman–Crippen MR) is 65.0 cm³/mol. The van der Waals surface area contributed by atoms with Crippen LogP contribution in [0.5, 0.6) is 0 Å². The van der Waals surface area contributed by atoms with E-state index in [-0.39, 0.29) is 10.8 Å². The zero-order valence-electron chi connectivity index (χ0n) is 9.16. The van der Waals surface area contributed by atoms with Crippen molar-refractivity contribution in [3.05, 3.63) is 52.4 Å². The lowest BCUT2D eigenvalue weighted by Gasteiger charge is -1.90. The van der Waals surface area contributed by atoms with Gasteiger partial charge in [-0.25, -0.2) is 4.98 Å². The Morgan fingerprint density at radius 1 is 1.22 bits per heavy atom. The van der Waals surface area contributed by atoms with Gasteiger partial charge in [-0.2, -0.15) is 0 Å². The summed E-state index contributed by atoms with van der Waals surface area (Å²) in [6.07, 6.45) is 4.66. The zero-order chi connectivity index (χ0) is 12.5. The molecule has 0 aliphatic heterocycles. The number of aromatic amines is 1. The molecule has 0 amide bonds. The molecule has 0 spiro atoms. The Kier molecular flexibility index (Phi) is 2.26. The molecule has 0 aliphatic rings. The SMILES string of the molecule is O=c1c(=NO)c2ccncc2[nH]c2ncccc12. The van der Waals surface area contributed by atoms with Gasteiger partial charge in [0, 0.05) is 17.8 Å². The first-order valence-corrected chi connectivity index (χ1v) is 5.24.